The fourth-order valence-corrected chi connectivity index (χ4v) is 2.19. The first kappa shape index (κ1) is 16.0. The van der Waals surface area contributed by atoms with Gasteiger partial charge >= 0.3 is 0 Å². The van der Waals surface area contributed by atoms with Crippen molar-refractivity contribution in [1.29, 1.82) is 0 Å². The number of methoxy groups -OCH3 is 2. The third kappa shape index (κ3) is 3.94. The Morgan fingerprint density at radius 3 is 2.42 bits per heavy atom. The highest BCUT2D eigenvalue weighted by Crippen LogP contribution is 2.30. The highest BCUT2D eigenvalue weighted by atomic mass is 16.5. The molecule has 5 heteroatoms. The lowest BCUT2D eigenvalue weighted by Crippen LogP contribution is -2.23. The van der Waals surface area contributed by atoms with Crippen molar-refractivity contribution in [2.45, 2.75) is 51.8 Å². The molecular weight excluding hydrogens is 242 g/mol. The maximum Gasteiger partial charge on any atom is 0.161 e. The zero-order valence-electron chi connectivity index (χ0n) is 12.9. The van der Waals surface area contributed by atoms with Crippen LogP contribution >= 0.6 is 0 Å². The van der Waals surface area contributed by atoms with Gasteiger partial charge in [-0.3, -0.25) is 4.68 Å². The first-order chi connectivity index (χ1) is 9.04. The summed E-state index contributed by atoms with van der Waals surface area (Å²) in [6, 6.07) is 0.534. The topological polar surface area (TPSA) is 48.3 Å². The summed E-state index contributed by atoms with van der Waals surface area (Å²) in [5.74, 6) is 0.845. The second-order valence-corrected chi connectivity index (χ2v) is 5.10. The summed E-state index contributed by atoms with van der Waals surface area (Å²) in [6.45, 7) is 6.34. The molecule has 0 aromatic carbocycles. The molecule has 1 rings (SSSR count). The van der Waals surface area contributed by atoms with E-state index in [0.717, 1.165) is 24.3 Å². The number of ether oxygens (including phenoxy) is 2. The number of hydrogen-bond donors (Lipinski definition) is 1. The summed E-state index contributed by atoms with van der Waals surface area (Å²) >= 11 is 0. The molecule has 0 radical (unpaired) electrons. The van der Waals surface area contributed by atoms with Gasteiger partial charge in [0, 0.05) is 13.2 Å². The Kier molecular flexibility index (Phi) is 6.31. The number of rotatable bonds is 8. The lowest BCUT2D eigenvalue weighted by molar-refractivity contribution is 0.106. The molecule has 19 heavy (non-hydrogen) atoms. The highest BCUT2D eigenvalue weighted by molar-refractivity contribution is 5.28. The van der Waals surface area contributed by atoms with Crippen LogP contribution in [0.5, 0.6) is 5.75 Å². The second-order valence-electron chi connectivity index (χ2n) is 5.10. The normalized spacial score (nSPS) is 14.7. The fraction of sp³-hybridized carbons (Fsp3) is 0.786. The maximum atomic E-state index is 5.44. The van der Waals surface area contributed by atoms with E-state index < -0.39 is 0 Å². The molecule has 1 N–H and O–H groups in total. The summed E-state index contributed by atoms with van der Waals surface area (Å²) in [6.07, 6.45) is 4.03. The smallest absolute Gasteiger partial charge is 0.161 e. The van der Waals surface area contributed by atoms with Crippen LogP contribution in [-0.4, -0.2) is 37.2 Å². The molecular formula is C14H27N3O2. The monoisotopic (exact) mass is 269 g/mol. The van der Waals surface area contributed by atoms with Crippen molar-refractivity contribution in [3.05, 3.63) is 11.9 Å². The van der Waals surface area contributed by atoms with Gasteiger partial charge in [-0.15, -0.1) is 0 Å². The summed E-state index contributed by atoms with van der Waals surface area (Å²) in [5.41, 5.74) is 1.11. The van der Waals surface area contributed by atoms with Crippen LogP contribution < -0.4 is 10.1 Å². The van der Waals surface area contributed by atoms with Crippen LogP contribution in [-0.2, 0) is 4.74 Å². The van der Waals surface area contributed by atoms with E-state index in [2.05, 4.69) is 31.2 Å². The molecule has 0 fully saturated rings. The van der Waals surface area contributed by atoms with Crippen LogP contribution in [0.4, 0.5) is 0 Å². The maximum absolute atomic E-state index is 5.44. The van der Waals surface area contributed by atoms with Crippen LogP contribution in [0, 0.1) is 0 Å². The molecule has 0 aliphatic heterocycles. The molecule has 1 heterocycles. The van der Waals surface area contributed by atoms with E-state index in [9.17, 15) is 0 Å². The van der Waals surface area contributed by atoms with Gasteiger partial charge in [0.05, 0.1) is 31.1 Å². The van der Waals surface area contributed by atoms with E-state index in [1.54, 1.807) is 20.4 Å². The van der Waals surface area contributed by atoms with Crippen molar-refractivity contribution in [3.63, 3.8) is 0 Å². The van der Waals surface area contributed by atoms with E-state index in [0.29, 0.717) is 6.04 Å². The summed E-state index contributed by atoms with van der Waals surface area (Å²) < 4.78 is 12.8. The molecule has 0 saturated carbocycles. The molecule has 0 aliphatic carbocycles. The van der Waals surface area contributed by atoms with Crippen LogP contribution in [0.2, 0.25) is 0 Å². The molecule has 1 aromatic rings. The SMILES string of the molecule is CNC(CCC(C)OC)c1c(OC)cnn1C(C)C. The van der Waals surface area contributed by atoms with E-state index >= 15 is 0 Å². The van der Waals surface area contributed by atoms with Crippen molar-refractivity contribution >= 4 is 0 Å². The van der Waals surface area contributed by atoms with Crippen molar-refractivity contribution in [2.75, 3.05) is 21.3 Å². The van der Waals surface area contributed by atoms with Gasteiger partial charge in [0.25, 0.3) is 0 Å². The van der Waals surface area contributed by atoms with Crippen molar-refractivity contribution in [3.8, 4) is 5.75 Å². The third-order valence-electron chi connectivity index (χ3n) is 3.45. The first-order valence-corrected chi connectivity index (χ1v) is 6.86. The number of aromatic nitrogens is 2. The van der Waals surface area contributed by atoms with Gasteiger partial charge in [-0.2, -0.15) is 5.10 Å². The third-order valence-corrected chi connectivity index (χ3v) is 3.45. The average molecular weight is 269 g/mol. The molecule has 0 aliphatic rings. The Bertz CT molecular complexity index is 377. The molecule has 1 aromatic heterocycles. The molecule has 2 atom stereocenters. The van der Waals surface area contributed by atoms with Gasteiger partial charge in [-0.25, -0.2) is 0 Å². The standard InChI is InChI=1S/C14H27N3O2/c1-10(2)17-14(13(19-6)9-16-17)12(15-4)8-7-11(3)18-5/h9-12,15H,7-8H2,1-6H3. The number of hydrogen-bond acceptors (Lipinski definition) is 4. The predicted molar refractivity (Wildman–Crippen MR) is 76.7 cm³/mol. The van der Waals surface area contributed by atoms with Gasteiger partial charge in [0.15, 0.2) is 5.75 Å². The van der Waals surface area contributed by atoms with E-state index in [1.165, 1.54) is 0 Å². The molecule has 0 spiro atoms. The van der Waals surface area contributed by atoms with Gasteiger partial charge < -0.3 is 14.8 Å². The minimum Gasteiger partial charge on any atom is -0.493 e. The van der Waals surface area contributed by atoms with E-state index in [1.807, 2.05) is 11.7 Å². The Hall–Kier alpha value is -1.07. The summed E-state index contributed by atoms with van der Waals surface area (Å²) in [5, 5.41) is 7.78. The molecule has 0 amide bonds. The minimum atomic E-state index is 0.220. The molecule has 110 valence electrons. The zero-order valence-corrected chi connectivity index (χ0v) is 12.9. The Balaban J connectivity index is 2.92. The van der Waals surface area contributed by atoms with Crippen LogP contribution in [0.3, 0.4) is 0 Å². The summed E-state index contributed by atoms with van der Waals surface area (Å²) in [4.78, 5) is 0. The van der Waals surface area contributed by atoms with Crippen molar-refractivity contribution < 1.29 is 9.47 Å². The highest BCUT2D eigenvalue weighted by Gasteiger charge is 2.22. The Morgan fingerprint density at radius 2 is 1.95 bits per heavy atom. The largest absolute Gasteiger partial charge is 0.493 e. The van der Waals surface area contributed by atoms with Crippen molar-refractivity contribution in [1.82, 2.24) is 15.1 Å². The van der Waals surface area contributed by atoms with Crippen LogP contribution in [0.1, 0.15) is 51.4 Å². The summed E-state index contributed by atoms with van der Waals surface area (Å²) in [7, 11) is 5.41. The molecule has 2 unspecified atom stereocenters. The quantitative estimate of drug-likeness (QED) is 0.788. The average Bonchev–Trinajstić information content (AvgIpc) is 2.83. The molecule has 0 saturated heterocycles. The van der Waals surface area contributed by atoms with Gasteiger partial charge in [-0.05, 0) is 40.7 Å². The van der Waals surface area contributed by atoms with E-state index in [4.69, 9.17) is 9.47 Å². The van der Waals surface area contributed by atoms with Gasteiger partial charge in [0.2, 0.25) is 0 Å². The minimum absolute atomic E-state index is 0.220. The zero-order chi connectivity index (χ0) is 14.4. The first-order valence-electron chi connectivity index (χ1n) is 6.86. The van der Waals surface area contributed by atoms with Gasteiger partial charge in [0.1, 0.15) is 0 Å². The fourth-order valence-electron chi connectivity index (χ4n) is 2.19. The van der Waals surface area contributed by atoms with Crippen molar-refractivity contribution in [2.24, 2.45) is 0 Å². The Labute approximate surface area is 116 Å². The van der Waals surface area contributed by atoms with Crippen LogP contribution in [0.25, 0.3) is 0 Å². The lowest BCUT2D eigenvalue weighted by Gasteiger charge is -2.22. The number of nitrogens with zero attached hydrogens (tertiary/aromatic N) is 2. The van der Waals surface area contributed by atoms with Crippen LogP contribution in [0.15, 0.2) is 6.20 Å². The Morgan fingerprint density at radius 1 is 1.26 bits per heavy atom. The lowest BCUT2D eigenvalue weighted by atomic mass is 10.0. The second kappa shape index (κ2) is 7.50. The number of nitrogens with one attached hydrogen (secondary N) is 1. The molecule has 5 nitrogen and oxygen atoms in total. The van der Waals surface area contributed by atoms with E-state index in [-0.39, 0.29) is 12.1 Å². The van der Waals surface area contributed by atoms with Gasteiger partial charge in [-0.1, -0.05) is 0 Å². The molecule has 0 bridgehead atoms. The predicted octanol–water partition coefficient (Wildman–Crippen LogP) is 2.55.